The summed E-state index contributed by atoms with van der Waals surface area (Å²) >= 11 is 0. The fourth-order valence-electron chi connectivity index (χ4n) is 2.59. The number of aryl methyl sites for hydroxylation is 1. The van der Waals surface area contributed by atoms with Crippen molar-refractivity contribution in [1.29, 1.82) is 0 Å². The average Bonchev–Trinajstić information content (AvgIpc) is 2.87. The Morgan fingerprint density at radius 2 is 1.87 bits per heavy atom. The number of aromatic nitrogens is 2. The number of rotatable bonds is 2. The number of benzene rings is 2. The average molecular weight is 302 g/mol. The molecule has 2 N–H and O–H groups in total. The van der Waals surface area contributed by atoms with Gasteiger partial charge in [-0.3, -0.25) is 0 Å². The highest BCUT2D eigenvalue weighted by molar-refractivity contribution is 5.94. The van der Waals surface area contributed by atoms with Gasteiger partial charge in [0.1, 0.15) is 0 Å². The van der Waals surface area contributed by atoms with E-state index in [9.17, 15) is 5.11 Å². The van der Waals surface area contributed by atoms with Crippen LogP contribution in [0.25, 0.3) is 21.8 Å². The molecule has 0 aliphatic rings. The van der Waals surface area contributed by atoms with Gasteiger partial charge in [-0.2, -0.15) is 0 Å². The van der Waals surface area contributed by atoms with E-state index in [-0.39, 0.29) is 5.88 Å². The fourth-order valence-corrected chi connectivity index (χ4v) is 2.59. The van der Waals surface area contributed by atoms with Gasteiger partial charge < -0.3 is 10.1 Å². The van der Waals surface area contributed by atoms with Gasteiger partial charge in [0.25, 0.3) is 0 Å². The second-order valence-corrected chi connectivity index (χ2v) is 5.43. The molecule has 5 nitrogen and oxygen atoms in total. The molecule has 0 saturated heterocycles. The number of fused-ring (bicyclic) bond motifs is 2. The second-order valence-electron chi connectivity index (χ2n) is 5.43. The first-order chi connectivity index (χ1) is 11.2. The number of hydrogen-bond acceptors (Lipinski definition) is 4. The maximum Gasteiger partial charge on any atom is 0.218 e. The molecule has 0 radical (unpaired) electrons. The summed E-state index contributed by atoms with van der Waals surface area (Å²) in [5.74, 6) is 0.514. The van der Waals surface area contributed by atoms with Crippen LogP contribution in [0, 0.1) is 6.92 Å². The van der Waals surface area contributed by atoms with Crippen LogP contribution in [0.3, 0.4) is 0 Å². The van der Waals surface area contributed by atoms with Crippen molar-refractivity contribution in [3.63, 3.8) is 0 Å². The number of aromatic hydroxyl groups is 1. The van der Waals surface area contributed by atoms with Crippen molar-refractivity contribution < 1.29 is 5.11 Å². The van der Waals surface area contributed by atoms with E-state index in [0.717, 1.165) is 27.4 Å². The highest BCUT2D eigenvalue weighted by Crippen LogP contribution is 2.36. The highest BCUT2D eigenvalue weighted by Gasteiger charge is 2.10. The van der Waals surface area contributed by atoms with E-state index in [0.29, 0.717) is 11.5 Å². The Kier molecular flexibility index (Phi) is 3.05. The van der Waals surface area contributed by atoms with Crippen LogP contribution in [0.5, 0.6) is 5.88 Å². The molecule has 0 spiro atoms. The van der Waals surface area contributed by atoms with Crippen LogP contribution in [0.4, 0.5) is 11.5 Å². The summed E-state index contributed by atoms with van der Waals surface area (Å²) in [6, 6.07) is 17.5. The molecule has 0 aliphatic carbocycles. The van der Waals surface area contributed by atoms with Crippen LogP contribution >= 0.6 is 0 Å². The van der Waals surface area contributed by atoms with Crippen LogP contribution in [-0.4, -0.2) is 15.1 Å². The van der Waals surface area contributed by atoms with Crippen molar-refractivity contribution in [2.45, 2.75) is 6.92 Å². The van der Waals surface area contributed by atoms with Crippen molar-refractivity contribution in [2.24, 2.45) is 10.2 Å². The molecule has 0 unspecified atom stereocenters. The normalized spacial score (nSPS) is 11.7. The van der Waals surface area contributed by atoms with Crippen molar-refractivity contribution in [2.75, 3.05) is 0 Å². The maximum atomic E-state index is 10.0. The molecule has 0 amide bonds. The van der Waals surface area contributed by atoms with E-state index in [1.165, 1.54) is 0 Å². The lowest BCUT2D eigenvalue weighted by Gasteiger charge is -1.97. The number of azo groups is 1. The number of para-hydroxylation sites is 1. The number of nitrogens with one attached hydrogen (secondary N) is 1. The molecule has 23 heavy (non-hydrogen) atoms. The molecule has 0 aliphatic heterocycles. The quantitative estimate of drug-likeness (QED) is 0.503. The standard InChI is InChI=1S/C18H14N4O/c1-11-6-8-15-13(10-11)17(18(23)20-15)22-21-16-9-7-12-4-2-3-5-14(12)19-16/h2-10,20,23H,1H3. The zero-order chi connectivity index (χ0) is 15.8. The Morgan fingerprint density at radius 3 is 2.78 bits per heavy atom. The summed E-state index contributed by atoms with van der Waals surface area (Å²) in [4.78, 5) is 7.35. The van der Waals surface area contributed by atoms with Gasteiger partial charge >= 0.3 is 0 Å². The summed E-state index contributed by atoms with van der Waals surface area (Å²) < 4.78 is 0. The molecule has 2 heterocycles. The molecule has 0 atom stereocenters. The number of H-pyrrole nitrogens is 1. The van der Waals surface area contributed by atoms with E-state index < -0.39 is 0 Å². The molecule has 2 aromatic carbocycles. The summed E-state index contributed by atoms with van der Waals surface area (Å²) in [5.41, 5.74) is 3.21. The second kappa shape index (κ2) is 5.21. The number of hydrogen-bond donors (Lipinski definition) is 2. The molecule has 2 aromatic heterocycles. The van der Waals surface area contributed by atoms with E-state index in [4.69, 9.17) is 0 Å². The summed E-state index contributed by atoms with van der Waals surface area (Å²) in [6.45, 7) is 2.00. The van der Waals surface area contributed by atoms with Gasteiger partial charge in [-0.1, -0.05) is 29.8 Å². The molecule has 0 saturated carbocycles. The summed E-state index contributed by atoms with van der Waals surface area (Å²) in [6.07, 6.45) is 0. The van der Waals surface area contributed by atoms with Gasteiger partial charge in [-0.05, 0) is 37.3 Å². The number of aromatic amines is 1. The monoisotopic (exact) mass is 302 g/mol. The molecule has 4 rings (SSSR count). The van der Waals surface area contributed by atoms with Gasteiger partial charge in [0.05, 0.1) is 11.0 Å². The topological polar surface area (TPSA) is 73.6 Å². The minimum Gasteiger partial charge on any atom is -0.493 e. The first kappa shape index (κ1) is 13.5. The molecule has 4 aromatic rings. The Morgan fingerprint density at radius 1 is 1.00 bits per heavy atom. The van der Waals surface area contributed by atoms with Gasteiger partial charge in [-0.25, -0.2) is 4.98 Å². The Balaban J connectivity index is 1.78. The summed E-state index contributed by atoms with van der Waals surface area (Å²) in [5, 5.41) is 20.3. The zero-order valence-corrected chi connectivity index (χ0v) is 12.5. The smallest absolute Gasteiger partial charge is 0.218 e. The molecule has 0 fully saturated rings. The van der Waals surface area contributed by atoms with Crippen LogP contribution in [0.15, 0.2) is 64.8 Å². The summed E-state index contributed by atoms with van der Waals surface area (Å²) in [7, 11) is 0. The highest BCUT2D eigenvalue weighted by atomic mass is 16.3. The first-order valence-corrected chi connectivity index (χ1v) is 7.29. The SMILES string of the molecule is Cc1ccc2[nH]c(O)c(N=Nc3ccc4ccccc4n3)c2c1. The Hall–Kier alpha value is -3.21. The van der Waals surface area contributed by atoms with Crippen LogP contribution < -0.4 is 0 Å². The van der Waals surface area contributed by atoms with Crippen LogP contribution in [0.1, 0.15) is 5.56 Å². The molecule has 0 bridgehead atoms. The third-order valence-corrected chi connectivity index (χ3v) is 3.74. The zero-order valence-electron chi connectivity index (χ0n) is 12.5. The largest absolute Gasteiger partial charge is 0.493 e. The lowest BCUT2D eigenvalue weighted by molar-refractivity contribution is 0.459. The number of pyridine rings is 1. The molecule has 5 heteroatoms. The fraction of sp³-hybridized carbons (Fsp3) is 0.0556. The van der Waals surface area contributed by atoms with Gasteiger partial charge in [0.15, 0.2) is 11.5 Å². The minimum atomic E-state index is 0.00939. The number of nitrogens with zero attached hydrogens (tertiary/aromatic N) is 3. The Labute approximate surface area is 132 Å². The Bertz CT molecular complexity index is 1050. The van der Waals surface area contributed by atoms with Gasteiger partial charge in [0, 0.05) is 10.8 Å². The van der Waals surface area contributed by atoms with Crippen LogP contribution in [-0.2, 0) is 0 Å². The molecular formula is C18H14N4O. The predicted molar refractivity (Wildman–Crippen MR) is 90.6 cm³/mol. The van der Waals surface area contributed by atoms with Crippen molar-refractivity contribution in [3.8, 4) is 5.88 Å². The first-order valence-electron chi connectivity index (χ1n) is 7.29. The van der Waals surface area contributed by atoms with E-state index in [1.807, 2.05) is 61.5 Å². The third-order valence-electron chi connectivity index (χ3n) is 3.74. The van der Waals surface area contributed by atoms with E-state index in [1.54, 1.807) is 0 Å². The van der Waals surface area contributed by atoms with Crippen molar-refractivity contribution >= 4 is 33.3 Å². The maximum absolute atomic E-state index is 10.0. The molecule has 112 valence electrons. The predicted octanol–water partition coefficient (Wildman–Crippen LogP) is 5.15. The van der Waals surface area contributed by atoms with E-state index >= 15 is 0 Å². The van der Waals surface area contributed by atoms with E-state index in [2.05, 4.69) is 20.2 Å². The minimum absolute atomic E-state index is 0.00939. The van der Waals surface area contributed by atoms with Crippen LogP contribution in [0.2, 0.25) is 0 Å². The van der Waals surface area contributed by atoms with Gasteiger partial charge in [0.2, 0.25) is 5.88 Å². The lowest BCUT2D eigenvalue weighted by atomic mass is 10.2. The molecular weight excluding hydrogens is 288 g/mol. The van der Waals surface area contributed by atoms with Crippen molar-refractivity contribution in [1.82, 2.24) is 9.97 Å². The van der Waals surface area contributed by atoms with Crippen molar-refractivity contribution in [3.05, 3.63) is 60.2 Å². The lowest BCUT2D eigenvalue weighted by Crippen LogP contribution is -1.77. The van der Waals surface area contributed by atoms with Gasteiger partial charge in [-0.15, -0.1) is 10.2 Å². The third kappa shape index (κ3) is 2.42.